The van der Waals surface area contributed by atoms with Gasteiger partial charge in [-0.1, -0.05) is 44.2 Å². The van der Waals surface area contributed by atoms with Crippen molar-refractivity contribution >= 4 is 10.9 Å². The molecule has 1 atom stereocenters. The third-order valence-corrected chi connectivity index (χ3v) is 6.60. The van der Waals surface area contributed by atoms with Gasteiger partial charge in [-0.3, -0.25) is 9.69 Å². The van der Waals surface area contributed by atoms with Gasteiger partial charge in [-0.05, 0) is 76.9 Å². The van der Waals surface area contributed by atoms with Crippen LogP contribution in [0.2, 0.25) is 0 Å². The van der Waals surface area contributed by atoms with Crippen LogP contribution < -0.4 is 5.56 Å². The number of nitrogens with zero attached hydrogens (tertiary/aromatic N) is 5. The number of aliphatic hydroxyl groups is 1. The van der Waals surface area contributed by atoms with Crippen LogP contribution in [0.25, 0.3) is 10.9 Å². The first kappa shape index (κ1) is 24.8. The lowest BCUT2D eigenvalue weighted by molar-refractivity contribution is 0.105. The molecule has 0 aliphatic heterocycles. The van der Waals surface area contributed by atoms with Crippen LogP contribution in [0.4, 0.5) is 0 Å². The zero-order chi connectivity index (χ0) is 24.9. The molecule has 2 N–H and O–H groups in total. The molecule has 0 spiro atoms. The average molecular weight is 475 g/mol. The van der Waals surface area contributed by atoms with Gasteiger partial charge in [0, 0.05) is 30.7 Å². The van der Waals surface area contributed by atoms with Gasteiger partial charge in [-0.15, -0.1) is 5.10 Å². The summed E-state index contributed by atoms with van der Waals surface area (Å²) in [5.41, 5.74) is 4.92. The van der Waals surface area contributed by atoms with E-state index in [-0.39, 0.29) is 24.1 Å². The number of aromatic amines is 1. The molecule has 35 heavy (non-hydrogen) atoms. The van der Waals surface area contributed by atoms with Crippen molar-refractivity contribution in [3.05, 3.63) is 87.0 Å². The van der Waals surface area contributed by atoms with Gasteiger partial charge in [-0.2, -0.15) is 0 Å². The van der Waals surface area contributed by atoms with E-state index in [1.54, 1.807) is 0 Å². The van der Waals surface area contributed by atoms with E-state index in [2.05, 4.69) is 64.4 Å². The Morgan fingerprint density at radius 1 is 1.09 bits per heavy atom. The number of tetrazole rings is 1. The first-order chi connectivity index (χ1) is 16.9. The van der Waals surface area contributed by atoms with Crippen LogP contribution in [0.15, 0.2) is 53.3 Å². The molecule has 0 saturated heterocycles. The molecule has 4 aromatic rings. The molecule has 2 heterocycles. The zero-order valence-corrected chi connectivity index (χ0v) is 20.9. The van der Waals surface area contributed by atoms with Gasteiger partial charge in [0.25, 0.3) is 5.56 Å². The molecule has 8 nitrogen and oxygen atoms in total. The van der Waals surface area contributed by atoms with Crippen LogP contribution >= 0.6 is 0 Å². The number of pyridine rings is 1. The molecule has 0 bridgehead atoms. The lowest BCUT2D eigenvalue weighted by atomic mass is 10.00. The molecule has 2 aromatic heterocycles. The van der Waals surface area contributed by atoms with Crippen molar-refractivity contribution in [2.24, 2.45) is 5.92 Å². The highest BCUT2D eigenvalue weighted by Gasteiger charge is 2.29. The van der Waals surface area contributed by atoms with Crippen LogP contribution in [0.5, 0.6) is 0 Å². The number of aryl methyl sites for hydroxylation is 4. The van der Waals surface area contributed by atoms with Crippen molar-refractivity contribution < 1.29 is 5.11 Å². The first-order valence-electron chi connectivity index (χ1n) is 12.2. The Bertz CT molecular complexity index is 1330. The minimum absolute atomic E-state index is 0.0292. The van der Waals surface area contributed by atoms with Crippen molar-refractivity contribution in [1.29, 1.82) is 0 Å². The molecular formula is C27H34N6O2. The monoisotopic (exact) mass is 474 g/mol. The largest absolute Gasteiger partial charge is 0.395 e. The lowest BCUT2D eigenvalue weighted by Gasteiger charge is -2.33. The quantitative estimate of drug-likeness (QED) is 0.365. The van der Waals surface area contributed by atoms with E-state index in [1.165, 1.54) is 11.1 Å². The molecule has 4 rings (SSSR count). The Morgan fingerprint density at radius 3 is 2.54 bits per heavy atom. The van der Waals surface area contributed by atoms with E-state index < -0.39 is 0 Å². The molecule has 1 unspecified atom stereocenters. The lowest BCUT2D eigenvalue weighted by Crippen LogP contribution is -2.37. The third kappa shape index (κ3) is 5.66. The number of aromatic nitrogens is 5. The normalized spacial score (nSPS) is 12.7. The number of benzene rings is 2. The van der Waals surface area contributed by atoms with Gasteiger partial charge in [0.15, 0.2) is 5.82 Å². The maximum absolute atomic E-state index is 13.0. The zero-order valence-electron chi connectivity index (χ0n) is 20.9. The molecule has 0 amide bonds. The summed E-state index contributed by atoms with van der Waals surface area (Å²) >= 11 is 0. The van der Waals surface area contributed by atoms with Gasteiger partial charge in [0.2, 0.25) is 0 Å². The predicted octanol–water partition coefficient (Wildman–Crippen LogP) is 3.57. The minimum Gasteiger partial charge on any atom is -0.395 e. The molecule has 0 saturated carbocycles. The highest BCUT2D eigenvalue weighted by atomic mass is 16.3. The number of hydrogen-bond donors (Lipinski definition) is 2. The summed E-state index contributed by atoms with van der Waals surface area (Å²) in [6, 6.07) is 16.2. The summed E-state index contributed by atoms with van der Waals surface area (Å²) < 4.78 is 1.85. The summed E-state index contributed by atoms with van der Waals surface area (Å²) in [6.45, 7) is 9.74. The SMILES string of the molecule is Cc1cc2cc(CN(CCO)C(c3nnnn3CCc3ccccc3)C(C)C)c(=O)[nH]c2cc1C. The Balaban J connectivity index is 1.64. The number of aliphatic hydroxyl groups excluding tert-OH is 1. The molecule has 0 radical (unpaired) electrons. The first-order valence-corrected chi connectivity index (χ1v) is 12.2. The Labute approximate surface area is 205 Å². The molecule has 8 heteroatoms. The molecule has 0 fully saturated rings. The second-order valence-corrected chi connectivity index (χ2v) is 9.53. The minimum atomic E-state index is -0.164. The maximum Gasteiger partial charge on any atom is 0.252 e. The average Bonchev–Trinajstić information content (AvgIpc) is 3.28. The standard InChI is InChI=1S/C27H34N6O2/c1-18(2)25(26-29-30-31-33(26)11-10-21-8-6-5-7-9-21)32(12-13-34)17-23-16-22-14-19(3)20(4)15-24(22)28-27(23)35/h5-9,14-16,18,25,34H,10-13,17H2,1-4H3,(H,28,35). The van der Waals surface area contributed by atoms with Gasteiger partial charge in [-0.25, -0.2) is 4.68 Å². The summed E-state index contributed by atoms with van der Waals surface area (Å²) in [7, 11) is 0. The fraction of sp³-hybridized carbons (Fsp3) is 0.407. The van der Waals surface area contributed by atoms with E-state index >= 15 is 0 Å². The van der Waals surface area contributed by atoms with Crippen molar-refractivity contribution in [2.75, 3.05) is 13.2 Å². The number of H-pyrrole nitrogens is 1. The fourth-order valence-electron chi connectivity index (χ4n) is 4.65. The highest BCUT2D eigenvalue weighted by Crippen LogP contribution is 2.28. The van der Waals surface area contributed by atoms with Gasteiger partial charge >= 0.3 is 0 Å². The van der Waals surface area contributed by atoms with E-state index in [9.17, 15) is 9.90 Å². The van der Waals surface area contributed by atoms with Crippen LogP contribution in [-0.4, -0.2) is 48.3 Å². The third-order valence-electron chi connectivity index (χ3n) is 6.60. The Morgan fingerprint density at radius 2 is 1.83 bits per heavy atom. The number of rotatable bonds is 10. The number of fused-ring (bicyclic) bond motifs is 1. The maximum atomic E-state index is 13.0. The summed E-state index contributed by atoms with van der Waals surface area (Å²) in [6.07, 6.45) is 0.812. The highest BCUT2D eigenvalue weighted by molar-refractivity contribution is 5.80. The van der Waals surface area contributed by atoms with Crippen molar-refractivity contribution in [3.8, 4) is 0 Å². The molecule has 2 aromatic carbocycles. The van der Waals surface area contributed by atoms with Gasteiger partial charge < -0.3 is 10.1 Å². The second-order valence-electron chi connectivity index (χ2n) is 9.53. The number of nitrogens with one attached hydrogen (secondary N) is 1. The van der Waals surface area contributed by atoms with E-state index in [0.717, 1.165) is 28.7 Å². The molecule has 0 aliphatic rings. The van der Waals surface area contributed by atoms with Crippen molar-refractivity contribution in [1.82, 2.24) is 30.1 Å². The molecule has 184 valence electrons. The summed E-state index contributed by atoms with van der Waals surface area (Å²) in [5.74, 6) is 0.903. The second kappa shape index (κ2) is 10.9. The fourth-order valence-corrected chi connectivity index (χ4v) is 4.65. The molecular weight excluding hydrogens is 440 g/mol. The topological polar surface area (TPSA) is 99.9 Å². The Kier molecular flexibility index (Phi) is 7.73. The summed E-state index contributed by atoms with van der Waals surface area (Å²) in [4.78, 5) is 18.1. The van der Waals surface area contributed by atoms with Crippen molar-refractivity contribution in [3.63, 3.8) is 0 Å². The van der Waals surface area contributed by atoms with Crippen LogP contribution in [-0.2, 0) is 19.5 Å². The smallest absolute Gasteiger partial charge is 0.252 e. The van der Waals surface area contributed by atoms with Crippen molar-refractivity contribution in [2.45, 2.75) is 53.2 Å². The van der Waals surface area contributed by atoms with E-state index in [4.69, 9.17) is 0 Å². The van der Waals surface area contributed by atoms with Gasteiger partial charge in [0.05, 0.1) is 12.6 Å². The van der Waals surface area contributed by atoms with E-state index in [0.29, 0.717) is 25.2 Å². The Hall–Kier alpha value is -3.36. The predicted molar refractivity (Wildman–Crippen MR) is 137 cm³/mol. The van der Waals surface area contributed by atoms with Gasteiger partial charge in [0.1, 0.15) is 0 Å². The van der Waals surface area contributed by atoms with Crippen LogP contribution in [0.3, 0.4) is 0 Å². The van der Waals surface area contributed by atoms with Crippen LogP contribution in [0, 0.1) is 19.8 Å². The number of hydrogen-bond acceptors (Lipinski definition) is 6. The molecule has 0 aliphatic carbocycles. The van der Waals surface area contributed by atoms with E-state index in [1.807, 2.05) is 41.9 Å². The van der Waals surface area contributed by atoms with Crippen LogP contribution in [0.1, 0.15) is 48.0 Å². The summed E-state index contributed by atoms with van der Waals surface area (Å²) in [5, 5.41) is 23.5.